The molecule has 2 unspecified atom stereocenters. The first kappa shape index (κ1) is 13.2. The van der Waals surface area contributed by atoms with Gasteiger partial charge < -0.3 is 15.0 Å². The fourth-order valence-corrected chi connectivity index (χ4v) is 2.78. The summed E-state index contributed by atoms with van der Waals surface area (Å²) in [6, 6.07) is 0.655. The van der Waals surface area contributed by atoms with E-state index in [0.29, 0.717) is 12.1 Å². The maximum atomic E-state index is 5.99. The minimum Gasteiger partial charge on any atom is -0.378 e. The highest BCUT2D eigenvalue weighted by Crippen LogP contribution is 2.31. The Morgan fingerprint density at radius 1 is 1.26 bits per heavy atom. The number of ether oxygens (including phenoxy) is 1. The van der Waals surface area contributed by atoms with Crippen molar-refractivity contribution in [3.63, 3.8) is 0 Å². The Labute approximate surface area is 116 Å². The van der Waals surface area contributed by atoms with Gasteiger partial charge in [-0.3, -0.25) is 4.99 Å². The van der Waals surface area contributed by atoms with E-state index in [1.807, 2.05) is 7.05 Å². The van der Waals surface area contributed by atoms with Crippen LogP contribution in [0.5, 0.6) is 0 Å². The van der Waals surface area contributed by atoms with E-state index >= 15 is 0 Å². The number of rotatable bonds is 4. The van der Waals surface area contributed by atoms with Crippen LogP contribution in [0, 0.1) is 11.8 Å². The summed E-state index contributed by atoms with van der Waals surface area (Å²) in [4.78, 5) is 6.82. The van der Waals surface area contributed by atoms with Crippen LogP contribution < -0.4 is 5.32 Å². The fourth-order valence-electron chi connectivity index (χ4n) is 2.78. The summed E-state index contributed by atoms with van der Waals surface area (Å²) in [5.74, 6) is 2.79. The molecule has 1 heterocycles. The third kappa shape index (κ3) is 3.62. The molecule has 4 nitrogen and oxygen atoms in total. The number of nitrogens with zero attached hydrogens (tertiary/aromatic N) is 2. The first-order valence-electron chi connectivity index (χ1n) is 7.86. The van der Waals surface area contributed by atoms with Crippen LogP contribution in [0.2, 0.25) is 0 Å². The predicted molar refractivity (Wildman–Crippen MR) is 77.3 cm³/mol. The summed E-state index contributed by atoms with van der Waals surface area (Å²) in [7, 11) is 1.89. The first-order valence-corrected chi connectivity index (χ1v) is 7.86. The highest BCUT2D eigenvalue weighted by atomic mass is 16.5. The number of guanidine groups is 1. The van der Waals surface area contributed by atoms with E-state index in [0.717, 1.165) is 50.3 Å². The smallest absolute Gasteiger partial charge is 0.193 e. The summed E-state index contributed by atoms with van der Waals surface area (Å²) >= 11 is 0. The molecule has 2 atom stereocenters. The van der Waals surface area contributed by atoms with Gasteiger partial charge in [-0.25, -0.2) is 0 Å². The summed E-state index contributed by atoms with van der Waals surface area (Å²) in [5, 5.41) is 3.57. The molecule has 3 fully saturated rings. The lowest BCUT2D eigenvalue weighted by Crippen LogP contribution is -2.47. The Kier molecular flexibility index (Phi) is 3.96. The first-order chi connectivity index (χ1) is 9.26. The average Bonchev–Trinajstić information content (AvgIpc) is 3.33. The molecule has 3 aliphatic rings. The zero-order chi connectivity index (χ0) is 13.2. The monoisotopic (exact) mass is 265 g/mol. The molecule has 1 aliphatic heterocycles. The zero-order valence-electron chi connectivity index (χ0n) is 12.3. The van der Waals surface area contributed by atoms with Gasteiger partial charge >= 0.3 is 0 Å². The fraction of sp³-hybridized carbons (Fsp3) is 0.933. The molecule has 0 aromatic carbocycles. The maximum Gasteiger partial charge on any atom is 0.193 e. The molecule has 0 amide bonds. The van der Waals surface area contributed by atoms with Gasteiger partial charge in [0.2, 0.25) is 0 Å². The molecule has 108 valence electrons. The van der Waals surface area contributed by atoms with Gasteiger partial charge in [0.15, 0.2) is 5.96 Å². The SMILES string of the molecule is CN=C(NC1CC1C)N1CCC(OCC2CC2)CC1. The van der Waals surface area contributed by atoms with Crippen molar-refractivity contribution in [2.75, 3.05) is 26.7 Å². The van der Waals surface area contributed by atoms with Crippen LogP contribution in [0.3, 0.4) is 0 Å². The topological polar surface area (TPSA) is 36.9 Å². The number of piperidine rings is 1. The predicted octanol–water partition coefficient (Wildman–Crippen LogP) is 1.86. The van der Waals surface area contributed by atoms with Crippen LogP contribution in [-0.4, -0.2) is 49.7 Å². The van der Waals surface area contributed by atoms with Crippen LogP contribution in [0.15, 0.2) is 4.99 Å². The van der Waals surface area contributed by atoms with Gasteiger partial charge in [-0.1, -0.05) is 6.92 Å². The Balaban J connectivity index is 1.40. The number of likely N-dealkylation sites (tertiary alicyclic amines) is 1. The molecule has 0 bridgehead atoms. The van der Waals surface area contributed by atoms with Crippen LogP contribution in [0.25, 0.3) is 0 Å². The molecule has 1 saturated heterocycles. The van der Waals surface area contributed by atoms with Crippen molar-refractivity contribution in [3.8, 4) is 0 Å². The van der Waals surface area contributed by atoms with Gasteiger partial charge in [-0.2, -0.15) is 0 Å². The van der Waals surface area contributed by atoms with Crippen LogP contribution in [0.4, 0.5) is 0 Å². The standard InChI is InChI=1S/C15H27N3O/c1-11-9-14(11)17-15(16-2)18-7-5-13(6-8-18)19-10-12-3-4-12/h11-14H,3-10H2,1-2H3,(H,16,17). The molecule has 4 heteroatoms. The average molecular weight is 265 g/mol. The summed E-state index contributed by atoms with van der Waals surface area (Å²) < 4.78 is 5.99. The zero-order valence-corrected chi connectivity index (χ0v) is 12.3. The van der Waals surface area contributed by atoms with Gasteiger partial charge in [0.05, 0.1) is 6.10 Å². The van der Waals surface area contributed by atoms with Gasteiger partial charge in [0, 0.05) is 32.8 Å². The Hall–Kier alpha value is -0.770. The second-order valence-electron chi connectivity index (χ2n) is 6.47. The number of nitrogens with one attached hydrogen (secondary N) is 1. The van der Waals surface area contributed by atoms with E-state index in [9.17, 15) is 0 Å². The molecular weight excluding hydrogens is 238 g/mol. The largest absolute Gasteiger partial charge is 0.378 e. The van der Waals surface area contributed by atoms with Crippen molar-refractivity contribution >= 4 is 5.96 Å². The van der Waals surface area contributed by atoms with Crippen molar-refractivity contribution in [3.05, 3.63) is 0 Å². The van der Waals surface area contributed by atoms with E-state index in [1.54, 1.807) is 0 Å². The quantitative estimate of drug-likeness (QED) is 0.623. The molecule has 2 saturated carbocycles. The second kappa shape index (κ2) is 5.70. The van der Waals surface area contributed by atoms with Crippen molar-refractivity contribution < 1.29 is 4.74 Å². The second-order valence-corrected chi connectivity index (χ2v) is 6.47. The highest BCUT2D eigenvalue weighted by molar-refractivity contribution is 5.80. The molecule has 2 aliphatic carbocycles. The number of hydrogen-bond acceptors (Lipinski definition) is 2. The molecule has 0 spiro atoms. The Bertz CT molecular complexity index is 332. The van der Waals surface area contributed by atoms with Crippen molar-refractivity contribution in [1.29, 1.82) is 0 Å². The van der Waals surface area contributed by atoms with Crippen molar-refractivity contribution in [2.45, 2.75) is 51.2 Å². The van der Waals surface area contributed by atoms with Gasteiger partial charge in [0.25, 0.3) is 0 Å². The highest BCUT2D eigenvalue weighted by Gasteiger charge is 2.34. The third-order valence-corrected chi connectivity index (χ3v) is 4.64. The van der Waals surface area contributed by atoms with E-state index in [4.69, 9.17) is 4.74 Å². The molecule has 1 N–H and O–H groups in total. The molecule has 0 aromatic heterocycles. The van der Waals surface area contributed by atoms with E-state index in [1.165, 1.54) is 19.3 Å². The van der Waals surface area contributed by atoms with Gasteiger partial charge in [0.1, 0.15) is 0 Å². The van der Waals surface area contributed by atoms with E-state index in [2.05, 4.69) is 22.1 Å². The maximum absolute atomic E-state index is 5.99. The van der Waals surface area contributed by atoms with Crippen molar-refractivity contribution in [1.82, 2.24) is 10.2 Å². The lowest BCUT2D eigenvalue weighted by atomic mass is 10.1. The van der Waals surface area contributed by atoms with E-state index in [-0.39, 0.29) is 0 Å². The third-order valence-electron chi connectivity index (χ3n) is 4.64. The van der Waals surface area contributed by atoms with E-state index < -0.39 is 0 Å². The molecule has 0 radical (unpaired) electrons. The van der Waals surface area contributed by atoms with Crippen molar-refractivity contribution in [2.24, 2.45) is 16.8 Å². The molecule has 0 aromatic rings. The lowest BCUT2D eigenvalue weighted by Gasteiger charge is -2.34. The summed E-state index contributed by atoms with van der Waals surface area (Å²) in [6.07, 6.45) is 6.83. The van der Waals surface area contributed by atoms with Crippen LogP contribution in [0.1, 0.15) is 39.0 Å². The normalized spacial score (nSPS) is 32.5. The Morgan fingerprint density at radius 2 is 1.95 bits per heavy atom. The minimum atomic E-state index is 0.481. The number of hydrogen-bond donors (Lipinski definition) is 1. The lowest BCUT2D eigenvalue weighted by molar-refractivity contribution is 0.0131. The molecular formula is C15H27N3O. The summed E-state index contributed by atoms with van der Waals surface area (Å²) in [5.41, 5.74) is 0. The molecule has 19 heavy (non-hydrogen) atoms. The summed E-state index contributed by atoms with van der Waals surface area (Å²) in [6.45, 7) is 5.45. The number of aliphatic imine (C=N–C) groups is 1. The van der Waals surface area contributed by atoms with Gasteiger partial charge in [-0.05, 0) is 43.9 Å². The van der Waals surface area contributed by atoms with Crippen LogP contribution in [-0.2, 0) is 4.74 Å². The van der Waals surface area contributed by atoms with Gasteiger partial charge in [-0.15, -0.1) is 0 Å². The molecule has 3 rings (SSSR count). The minimum absolute atomic E-state index is 0.481. The Morgan fingerprint density at radius 3 is 2.47 bits per heavy atom. The van der Waals surface area contributed by atoms with Crippen LogP contribution >= 0.6 is 0 Å².